The van der Waals surface area contributed by atoms with Crippen molar-refractivity contribution in [2.45, 2.75) is 18.7 Å². The zero-order chi connectivity index (χ0) is 21.9. The van der Waals surface area contributed by atoms with Gasteiger partial charge in [-0.1, -0.05) is 53.0 Å². The highest BCUT2D eigenvalue weighted by Gasteiger charge is 2.37. The van der Waals surface area contributed by atoms with Gasteiger partial charge in [-0.15, -0.1) is 0 Å². The largest absolute Gasteiger partial charge is 0.382 e. The average Bonchev–Trinajstić information content (AvgIpc) is 3.14. The SMILES string of the molecule is CS(=O)(=O)N(Cc1ccc(Cl)cc1)CC(O)(Cn1cncn1)c1ccc(Cl)cc1Cl. The predicted octanol–water partition coefficient (Wildman–Crippen LogP) is 3.59. The van der Waals surface area contributed by atoms with Crippen LogP contribution in [0.25, 0.3) is 0 Å². The van der Waals surface area contributed by atoms with Crippen LogP contribution >= 0.6 is 34.8 Å². The zero-order valence-corrected chi connectivity index (χ0v) is 19.0. The Bertz CT molecular complexity index is 1110. The molecule has 3 aromatic rings. The number of hydrogen-bond acceptors (Lipinski definition) is 5. The maximum absolute atomic E-state index is 12.6. The normalized spacial score (nSPS) is 14.1. The highest BCUT2D eigenvalue weighted by molar-refractivity contribution is 7.88. The van der Waals surface area contributed by atoms with Crippen LogP contribution in [0.1, 0.15) is 11.1 Å². The molecule has 160 valence electrons. The second-order valence-electron chi connectivity index (χ2n) is 6.91. The highest BCUT2D eigenvalue weighted by atomic mass is 35.5. The summed E-state index contributed by atoms with van der Waals surface area (Å²) in [5.74, 6) is 0. The predicted molar refractivity (Wildman–Crippen MR) is 117 cm³/mol. The molecule has 1 unspecified atom stereocenters. The lowest BCUT2D eigenvalue weighted by Gasteiger charge is -2.34. The summed E-state index contributed by atoms with van der Waals surface area (Å²) in [6, 6.07) is 11.5. The van der Waals surface area contributed by atoms with E-state index < -0.39 is 15.6 Å². The number of hydrogen-bond donors (Lipinski definition) is 1. The molecule has 3 rings (SSSR count). The lowest BCUT2D eigenvalue weighted by Crippen LogP contribution is -2.46. The fraction of sp³-hybridized carbons (Fsp3) is 0.263. The first-order valence-corrected chi connectivity index (χ1v) is 11.7. The summed E-state index contributed by atoms with van der Waals surface area (Å²) in [7, 11) is -3.69. The summed E-state index contributed by atoms with van der Waals surface area (Å²) in [5.41, 5.74) is -0.658. The van der Waals surface area contributed by atoms with Crippen molar-refractivity contribution < 1.29 is 13.5 Å². The third-order valence-corrected chi connectivity index (χ3v) is 6.50. The molecule has 0 fully saturated rings. The molecule has 0 radical (unpaired) electrons. The summed E-state index contributed by atoms with van der Waals surface area (Å²) in [6.07, 6.45) is 3.84. The quantitative estimate of drug-likeness (QED) is 0.522. The fourth-order valence-electron chi connectivity index (χ4n) is 3.05. The van der Waals surface area contributed by atoms with Crippen LogP contribution in [-0.4, -0.2) is 45.4 Å². The summed E-state index contributed by atoms with van der Waals surface area (Å²) in [4.78, 5) is 3.88. The van der Waals surface area contributed by atoms with E-state index in [1.807, 2.05) is 0 Å². The number of halogens is 3. The molecule has 0 saturated heterocycles. The van der Waals surface area contributed by atoms with Gasteiger partial charge in [0.2, 0.25) is 10.0 Å². The van der Waals surface area contributed by atoms with E-state index in [1.54, 1.807) is 36.4 Å². The van der Waals surface area contributed by atoms with Crippen molar-refractivity contribution in [1.29, 1.82) is 0 Å². The van der Waals surface area contributed by atoms with Gasteiger partial charge < -0.3 is 5.11 Å². The first-order valence-electron chi connectivity index (χ1n) is 8.77. The number of nitrogens with zero attached hydrogens (tertiary/aromatic N) is 4. The Morgan fingerprint density at radius 1 is 1.10 bits per heavy atom. The maximum atomic E-state index is 12.6. The van der Waals surface area contributed by atoms with Gasteiger partial charge in [-0.05, 0) is 29.8 Å². The van der Waals surface area contributed by atoms with Crippen LogP contribution < -0.4 is 0 Å². The minimum Gasteiger partial charge on any atom is -0.382 e. The van der Waals surface area contributed by atoms with Gasteiger partial charge in [0, 0.05) is 33.7 Å². The van der Waals surface area contributed by atoms with Crippen LogP contribution in [0.3, 0.4) is 0 Å². The summed E-state index contributed by atoms with van der Waals surface area (Å²) < 4.78 is 27.7. The Kier molecular flexibility index (Phi) is 7.06. The summed E-state index contributed by atoms with van der Waals surface area (Å²) >= 11 is 18.3. The molecular formula is C19H19Cl3N4O3S. The van der Waals surface area contributed by atoms with Crippen molar-refractivity contribution in [3.05, 3.63) is 81.3 Å². The average molecular weight is 490 g/mol. The molecule has 7 nitrogen and oxygen atoms in total. The topological polar surface area (TPSA) is 88.3 Å². The van der Waals surface area contributed by atoms with Crippen molar-refractivity contribution in [3.8, 4) is 0 Å². The van der Waals surface area contributed by atoms with E-state index in [0.29, 0.717) is 15.6 Å². The smallest absolute Gasteiger partial charge is 0.211 e. The molecule has 0 amide bonds. The Labute approximate surface area is 189 Å². The Morgan fingerprint density at radius 2 is 1.77 bits per heavy atom. The van der Waals surface area contributed by atoms with Crippen molar-refractivity contribution >= 4 is 44.8 Å². The summed E-state index contributed by atoms with van der Waals surface area (Å²) in [6.45, 7) is -0.294. The van der Waals surface area contributed by atoms with Gasteiger partial charge in [0.15, 0.2) is 0 Å². The molecule has 1 N–H and O–H groups in total. The molecule has 0 saturated carbocycles. The van der Waals surface area contributed by atoms with Crippen LogP contribution in [0.5, 0.6) is 0 Å². The minimum atomic E-state index is -3.69. The Morgan fingerprint density at radius 3 is 2.33 bits per heavy atom. The first-order chi connectivity index (χ1) is 14.1. The van der Waals surface area contributed by atoms with Crippen LogP contribution in [-0.2, 0) is 28.7 Å². The van der Waals surface area contributed by atoms with E-state index in [9.17, 15) is 13.5 Å². The van der Waals surface area contributed by atoms with Gasteiger partial charge in [-0.2, -0.15) is 9.40 Å². The second kappa shape index (κ2) is 9.21. The Balaban J connectivity index is 2.01. The standard InChI is InChI=1S/C19H19Cl3N4O3S/c1-30(28,29)26(9-14-2-4-15(20)5-3-14)11-19(27,10-25-13-23-12-24-25)17-7-6-16(21)8-18(17)22/h2-8,12-13,27H,9-11H2,1H3. The number of benzene rings is 2. The molecular weight excluding hydrogens is 471 g/mol. The van der Waals surface area contributed by atoms with Crippen molar-refractivity contribution in [1.82, 2.24) is 19.1 Å². The number of rotatable bonds is 8. The first kappa shape index (κ1) is 23.0. The van der Waals surface area contributed by atoms with E-state index in [4.69, 9.17) is 34.8 Å². The second-order valence-corrected chi connectivity index (χ2v) is 10.2. The molecule has 0 aliphatic carbocycles. The third kappa shape index (κ3) is 5.72. The van der Waals surface area contributed by atoms with Gasteiger partial charge in [0.05, 0.1) is 12.8 Å². The molecule has 0 bridgehead atoms. The van der Waals surface area contributed by atoms with Crippen molar-refractivity contribution in [2.24, 2.45) is 0 Å². The maximum Gasteiger partial charge on any atom is 0.211 e. The van der Waals surface area contributed by atoms with Crippen LogP contribution in [0, 0.1) is 0 Å². The molecule has 1 atom stereocenters. The molecule has 11 heteroatoms. The minimum absolute atomic E-state index is 0.0425. The lowest BCUT2D eigenvalue weighted by atomic mass is 9.93. The van der Waals surface area contributed by atoms with E-state index in [-0.39, 0.29) is 24.7 Å². The fourth-order valence-corrected chi connectivity index (χ4v) is 4.59. The van der Waals surface area contributed by atoms with Gasteiger partial charge >= 0.3 is 0 Å². The van der Waals surface area contributed by atoms with Gasteiger partial charge in [0.25, 0.3) is 0 Å². The Hall–Kier alpha value is -1.68. The molecule has 0 aliphatic heterocycles. The van der Waals surface area contributed by atoms with Crippen molar-refractivity contribution in [2.75, 3.05) is 12.8 Å². The zero-order valence-electron chi connectivity index (χ0n) is 15.9. The van der Waals surface area contributed by atoms with E-state index >= 15 is 0 Å². The van der Waals surface area contributed by atoms with Crippen LogP contribution in [0.4, 0.5) is 0 Å². The number of aliphatic hydroxyl groups is 1. The number of sulfonamides is 1. The molecule has 1 heterocycles. The summed E-state index contributed by atoms with van der Waals surface area (Å²) in [5, 5.41) is 16.8. The monoisotopic (exact) mass is 488 g/mol. The third-order valence-electron chi connectivity index (χ3n) is 4.50. The highest BCUT2D eigenvalue weighted by Crippen LogP contribution is 2.33. The van der Waals surface area contributed by atoms with Gasteiger partial charge in [0.1, 0.15) is 18.3 Å². The van der Waals surface area contributed by atoms with Gasteiger partial charge in [-0.3, -0.25) is 0 Å². The van der Waals surface area contributed by atoms with Gasteiger partial charge in [-0.25, -0.2) is 18.1 Å². The van der Waals surface area contributed by atoms with Crippen LogP contribution in [0.15, 0.2) is 55.1 Å². The molecule has 0 aliphatic rings. The van der Waals surface area contributed by atoms with Crippen molar-refractivity contribution in [3.63, 3.8) is 0 Å². The van der Waals surface area contributed by atoms with E-state index in [2.05, 4.69) is 10.1 Å². The number of aromatic nitrogens is 3. The molecule has 1 aromatic heterocycles. The van der Waals surface area contributed by atoms with Crippen LogP contribution in [0.2, 0.25) is 15.1 Å². The van der Waals surface area contributed by atoms with E-state index in [0.717, 1.165) is 11.8 Å². The van der Waals surface area contributed by atoms with E-state index in [1.165, 1.54) is 27.7 Å². The molecule has 0 spiro atoms. The lowest BCUT2D eigenvalue weighted by molar-refractivity contribution is -0.00251. The molecule has 30 heavy (non-hydrogen) atoms. The molecule has 2 aromatic carbocycles.